The van der Waals surface area contributed by atoms with Gasteiger partial charge in [0.15, 0.2) is 11.3 Å². The Labute approximate surface area is 304 Å². The fourth-order valence-corrected chi connectivity index (χ4v) is 7.28. The molecule has 0 radical (unpaired) electrons. The van der Waals surface area contributed by atoms with Gasteiger partial charge in [-0.1, -0.05) is 11.2 Å². The van der Waals surface area contributed by atoms with Gasteiger partial charge < -0.3 is 38.9 Å². The van der Waals surface area contributed by atoms with Crippen molar-refractivity contribution < 1.29 is 61.5 Å². The van der Waals surface area contributed by atoms with Crippen LogP contribution in [0.3, 0.4) is 0 Å². The SMILES string of the molecule is CC1=NO[C@@]2(CC[C@H](C)N3C[C@H]2n2cc(C(=O)NCc4ccc(F)cc4F)c(=O)c(OC(=O)N(C)Cc4cc(C(=O)O)ccc4OP(=O)(O)O)c2C3=O)C1. The smallest absolute Gasteiger partial charge is 0.478 e. The number of nitrogens with one attached hydrogen (secondary N) is 1. The number of fused-ring (bicyclic) bond motifs is 5. The van der Waals surface area contributed by atoms with Crippen molar-refractivity contribution in [3.63, 3.8) is 0 Å². The minimum absolute atomic E-state index is 0.0794. The molecule has 3 aliphatic rings. The molecular formula is C34H34F2N5O12P. The maximum atomic E-state index is 14.4. The van der Waals surface area contributed by atoms with E-state index in [2.05, 4.69) is 15.0 Å². The summed E-state index contributed by atoms with van der Waals surface area (Å²) in [6.45, 7) is 2.61. The number of rotatable bonds is 9. The highest BCUT2D eigenvalue weighted by atomic mass is 31.2. The van der Waals surface area contributed by atoms with Gasteiger partial charge in [-0.2, -0.15) is 0 Å². The van der Waals surface area contributed by atoms with E-state index in [0.29, 0.717) is 31.0 Å². The van der Waals surface area contributed by atoms with E-state index in [1.807, 2.05) is 6.92 Å². The first-order valence-electron chi connectivity index (χ1n) is 16.5. The fraction of sp³-hybridized carbons (Fsp3) is 0.353. The summed E-state index contributed by atoms with van der Waals surface area (Å²) < 4.78 is 51.2. The van der Waals surface area contributed by atoms with Crippen LogP contribution in [0.5, 0.6) is 11.5 Å². The minimum Gasteiger partial charge on any atom is -0.478 e. The van der Waals surface area contributed by atoms with Crippen LogP contribution in [0.4, 0.5) is 13.6 Å². The minimum atomic E-state index is -5.14. The van der Waals surface area contributed by atoms with E-state index >= 15 is 0 Å². The number of phosphoric ester groups is 1. The van der Waals surface area contributed by atoms with E-state index in [1.165, 1.54) is 9.47 Å². The molecule has 3 amide bonds. The van der Waals surface area contributed by atoms with E-state index in [0.717, 1.165) is 48.5 Å². The van der Waals surface area contributed by atoms with E-state index in [4.69, 9.17) is 9.57 Å². The number of benzene rings is 2. The number of carbonyl (C=O) groups excluding carboxylic acids is 3. The molecule has 4 heterocycles. The molecule has 1 saturated heterocycles. The Hall–Kier alpha value is -5.65. The third kappa shape index (κ3) is 7.42. The first kappa shape index (κ1) is 38.1. The maximum Gasteiger partial charge on any atom is 0.524 e. The van der Waals surface area contributed by atoms with Crippen molar-refractivity contribution in [2.24, 2.45) is 5.16 Å². The molecule has 20 heteroatoms. The number of oxime groups is 1. The number of aromatic nitrogens is 1. The van der Waals surface area contributed by atoms with Crippen molar-refractivity contribution in [2.75, 3.05) is 13.6 Å². The van der Waals surface area contributed by atoms with Gasteiger partial charge in [-0.05, 0) is 51.0 Å². The maximum absolute atomic E-state index is 14.4. The second kappa shape index (κ2) is 14.3. The average Bonchev–Trinajstić information content (AvgIpc) is 3.43. The summed E-state index contributed by atoms with van der Waals surface area (Å²) in [6.07, 6.45) is 1.10. The standard InChI is InChI=1S/C34H34F2N5O12P/c1-17-12-34(53-38-17)9-8-18(2)40-16-26(34)41-15-23(30(43)37-13-20-4-6-22(35)11-24(20)36)28(42)29(27(41)31(40)44)51-33(47)39(3)14-21-10-19(32(45)46)5-7-25(21)52-54(48,49)50/h4-7,10-11,15,18,26H,8-9,12-14,16H2,1-3H3,(H,37,43)(H,45,46)(H2,48,49,50)/t18-,26+,34-/m0/s1. The van der Waals surface area contributed by atoms with Gasteiger partial charge in [0, 0.05) is 56.0 Å². The number of nitrogens with zero attached hydrogens (tertiary/aromatic N) is 4. The van der Waals surface area contributed by atoms with Gasteiger partial charge in [0.1, 0.15) is 22.9 Å². The second-order valence-corrected chi connectivity index (χ2v) is 14.5. The largest absolute Gasteiger partial charge is 0.524 e. The first-order valence-corrected chi connectivity index (χ1v) is 18.0. The first-order chi connectivity index (χ1) is 25.4. The Morgan fingerprint density at radius 2 is 1.89 bits per heavy atom. The van der Waals surface area contributed by atoms with Gasteiger partial charge in [-0.3, -0.25) is 24.2 Å². The molecule has 0 unspecified atom stereocenters. The summed E-state index contributed by atoms with van der Waals surface area (Å²) in [5.74, 6) is -6.21. The van der Waals surface area contributed by atoms with Crippen LogP contribution >= 0.6 is 7.82 Å². The normalized spacial score (nSPS) is 20.4. The average molecular weight is 774 g/mol. The van der Waals surface area contributed by atoms with Crippen molar-refractivity contribution >= 4 is 37.4 Å². The highest BCUT2D eigenvalue weighted by molar-refractivity contribution is 7.46. The summed E-state index contributed by atoms with van der Waals surface area (Å²) in [6, 6.07) is 4.64. The van der Waals surface area contributed by atoms with Gasteiger partial charge in [0.2, 0.25) is 11.2 Å². The van der Waals surface area contributed by atoms with Gasteiger partial charge in [-0.15, -0.1) is 0 Å². The predicted octanol–water partition coefficient (Wildman–Crippen LogP) is 3.57. The Balaban J connectivity index is 1.42. The van der Waals surface area contributed by atoms with Gasteiger partial charge >= 0.3 is 19.9 Å². The number of aromatic carboxylic acids is 1. The zero-order valence-electron chi connectivity index (χ0n) is 28.9. The van der Waals surface area contributed by atoms with Crippen LogP contribution in [0.15, 0.2) is 52.5 Å². The number of phosphoric acid groups is 1. The molecule has 3 aromatic rings. The molecule has 0 aliphatic carbocycles. The molecule has 3 aliphatic heterocycles. The predicted molar refractivity (Wildman–Crippen MR) is 182 cm³/mol. The highest BCUT2D eigenvalue weighted by Gasteiger charge is 2.54. The van der Waals surface area contributed by atoms with Crippen molar-refractivity contribution in [3.8, 4) is 11.5 Å². The Bertz CT molecular complexity index is 2220. The number of pyridine rings is 1. The lowest BCUT2D eigenvalue weighted by Crippen LogP contribution is -2.52. The van der Waals surface area contributed by atoms with Crippen LogP contribution in [-0.4, -0.2) is 84.1 Å². The molecule has 2 aromatic carbocycles. The van der Waals surface area contributed by atoms with Crippen LogP contribution < -0.4 is 20.0 Å². The third-order valence-electron chi connectivity index (χ3n) is 9.56. The third-order valence-corrected chi connectivity index (χ3v) is 9.99. The molecule has 17 nitrogen and oxygen atoms in total. The van der Waals surface area contributed by atoms with Crippen LogP contribution in [0.1, 0.15) is 81.5 Å². The summed E-state index contributed by atoms with van der Waals surface area (Å²) in [5.41, 5.74) is -3.10. The Kier molecular flexibility index (Phi) is 10.1. The number of hydrogen-bond acceptors (Lipinski definition) is 10. The fourth-order valence-electron chi connectivity index (χ4n) is 6.84. The molecule has 1 fully saturated rings. The molecule has 4 N–H and O–H groups in total. The number of carbonyl (C=O) groups is 4. The molecule has 1 aromatic heterocycles. The van der Waals surface area contributed by atoms with E-state index in [-0.39, 0.29) is 35.0 Å². The molecule has 2 bridgehead atoms. The highest BCUT2D eigenvalue weighted by Crippen LogP contribution is 2.46. The van der Waals surface area contributed by atoms with E-state index in [1.54, 1.807) is 6.92 Å². The van der Waals surface area contributed by atoms with E-state index < -0.39 is 90.6 Å². The Morgan fingerprint density at radius 3 is 2.54 bits per heavy atom. The quantitative estimate of drug-likeness (QED) is 0.229. The zero-order valence-corrected chi connectivity index (χ0v) is 29.8. The van der Waals surface area contributed by atoms with Crippen molar-refractivity contribution in [1.82, 2.24) is 19.7 Å². The molecule has 3 atom stereocenters. The summed E-state index contributed by atoms with van der Waals surface area (Å²) in [4.78, 5) is 94.5. The zero-order chi connectivity index (χ0) is 39.3. The molecule has 0 saturated carbocycles. The lowest BCUT2D eigenvalue weighted by Gasteiger charge is -2.42. The number of carboxylic acids is 1. The number of hydrogen-bond donors (Lipinski definition) is 4. The molecule has 6 rings (SSSR count). The lowest BCUT2D eigenvalue weighted by atomic mass is 9.84. The van der Waals surface area contributed by atoms with Gasteiger partial charge in [-0.25, -0.2) is 22.9 Å². The monoisotopic (exact) mass is 773 g/mol. The summed E-state index contributed by atoms with van der Waals surface area (Å²) in [7, 11) is -3.99. The lowest BCUT2D eigenvalue weighted by molar-refractivity contribution is -0.0655. The Morgan fingerprint density at radius 1 is 1.15 bits per heavy atom. The van der Waals surface area contributed by atoms with Crippen molar-refractivity contribution in [2.45, 2.75) is 63.9 Å². The van der Waals surface area contributed by atoms with Gasteiger partial charge in [0.25, 0.3) is 11.8 Å². The second-order valence-electron chi connectivity index (χ2n) is 13.3. The van der Waals surface area contributed by atoms with Crippen molar-refractivity contribution in [3.05, 3.63) is 92.4 Å². The summed E-state index contributed by atoms with van der Waals surface area (Å²) >= 11 is 0. The van der Waals surface area contributed by atoms with Crippen LogP contribution in [0, 0.1) is 11.6 Å². The molecule has 286 valence electrons. The topological polar surface area (TPSA) is 227 Å². The number of halogens is 2. The summed E-state index contributed by atoms with van der Waals surface area (Å²) in [5, 5.41) is 16.1. The molecule has 1 spiro atoms. The van der Waals surface area contributed by atoms with Crippen LogP contribution in [0.2, 0.25) is 0 Å². The van der Waals surface area contributed by atoms with Crippen LogP contribution in [-0.2, 0) is 22.5 Å². The number of amides is 3. The molecule has 54 heavy (non-hydrogen) atoms. The number of ether oxygens (including phenoxy) is 1. The van der Waals surface area contributed by atoms with Crippen molar-refractivity contribution in [1.29, 1.82) is 0 Å². The molecular weight excluding hydrogens is 739 g/mol. The number of carboxylic acid groups (broad SMARTS) is 1. The van der Waals surface area contributed by atoms with Gasteiger partial charge in [0.05, 0.1) is 23.9 Å². The van der Waals surface area contributed by atoms with Crippen LogP contribution in [0.25, 0.3) is 0 Å². The van der Waals surface area contributed by atoms with E-state index in [9.17, 15) is 52.2 Å².